The lowest BCUT2D eigenvalue weighted by Gasteiger charge is -2.26. The maximum Gasteiger partial charge on any atom is 0.450 e. The number of carbonyl (C=O) groups is 1. The predicted octanol–water partition coefficient (Wildman–Crippen LogP) is 1.80. The molecule has 1 amide bonds. The van der Waals surface area contributed by atoms with Gasteiger partial charge in [-0.15, -0.1) is 10.7 Å². The Balaban J connectivity index is 1.74. The molecule has 9 heteroatoms. The highest BCUT2D eigenvalue weighted by Crippen LogP contribution is 2.21. The van der Waals surface area contributed by atoms with Crippen molar-refractivity contribution in [2.45, 2.75) is 0 Å². The van der Waals surface area contributed by atoms with E-state index in [-0.39, 0.29) is 5.69 Å². The van der Waals surface area contributed by atoms with Gasteiger partial charge in [-0.3, -0.25) is 10.1 Å². The van der Waals surface area contributed by atoms with E-state index in [2.05, 4.69) is 11.0 Å². The van der Waals surface area contributed by atoms with E-state index in [0.29, 0.717) is 18.1 Å². The third-order valence-electron chi connectivity index (χ3n) is 3.14. The van der Waals surface area contributed by atoms with Gasteiger partial charge in [-0.1, -0.05) is 18.2 Å². The summed E-state index contributed by atoms with van der Waals surface area (Å²) in [5.41, 5.74) is 6.03. The van der Waals surface area contributed by atoms with Gasteiger partial charge in [0, 0.05) is 12.1 Å². The van der Waals surface area contributed by atoms with Crippen LogP contribution in [0.2, 0.25) is 0 Å². The van der Waals surface area contributed by atoms with E-state index in [1.54, 1.807) is 41.4 Å². The number of anilines is 1. The molecule has 0 radical (unpaired) electrons. The lowest BCUT2D eigenvalue weighted by atomic mass is 10.3. The van der Waals surface area contributed by atoms with Gasteiger partial charge in [-0.25, -0.2) is 15.2 Å². The zero-order valence-electron chi connectivity index (χ0n) is 11.9. The van der Waals surface area contributed by atoms with E-state index in [0.717, 1.165) is 5.12 Å². The molecule has 1 aliphatic rings. The Morgan fingerprint density at radius 2 is 1.83 bits per heavy atom. The summed E-state index contributed by atoms with van der Waals surface area (Å²) in [6.07, 6.45) is -0.639. The van der Waals surface area contributed by atoms with Gasteiger partial charge in [0.1, 0.15) is 12.4 Å². The van der Waals surface area contributed by atoms with Crippen LogP contribution in [0.15, 0.2) is 54.6 Å². The van der Waals surface area contributed by atoms with Crippen LogP contribution in [0.5, 0.6) is 5.75 Å². The van der Waals surface area contributed by atoms with Crippen molar-refractivity contribution in [3.8, 4) is 5.75 Å². The molecule has 2 N–H and O–H groups in total. The van der Waals surface area contributed by atoms with Gasteiger partial charge in [-0.05, 0) is 24.3 Å². The molecule has 0 bridgehead atoms. The molecule has 1 saturated heterocycles. The number of non-ortho nitro benzene ring substituents is 1. The Morgan fingerprint density at radius 1 is 1.13 bits per heavy atom. The van der Waals surface area contributed by atoms with Crippen LogP contribution in [-0.4, -0.2) is 22.8 Å². The summed E-state index contributed by atoms with van der Waals surface area (Å²) in [5.74, 6) is 0.412. The number of benzene rings is 2. The number of hydrogen-bond donors (Lipinski definition) is 2. The van der Waals surface area contributed by atoms with Crippen LogP contribution in [0.4, 0.5) is 16.2 Å². The summed E-state index contributed by atoms with van der Waals surface area (Å²) in [7, 11) is 0. The first-order valence-electron chi connectivity index (χ1n) is 6.72. The van der Waals surface area contributed by atoms with Crippen molar-refractivity contribution in [3.05, 3.63) is 64.7 Å². The van der Waals surface area contributed by atoms with Gasteiger partial charge >= 0.3 is 6.09 Å². The third-order valence-corrected chi connectivity index (χ3v) is 3.14. The summed E-state index contributed by atoms with van der Waals surface area (Å²) < 4.78 is 5.25. The van der Waals surface area contributed by atoms with Crippen LogP contribution >= 0.6 is 0 Å². The fraction of sp³-hybridized carbons (Fsp3) is 0.0714. The zero-order valence-corrected chi connectivity index (χ0v) is 11.9. The molecule has 0 spiro atoms. The van der Waals surface area contributed by atoms with Crippen molar-refractivity contribution in [3.63, 3.8) is 0 Å². The van der Waals surface area contributed by atoms with Gasteiger partial charge in [0.15, 0.2) is 0 Å². The molecule has 3 rings (SSSR count). The fourth-order valence-corrected chi connectivity index (χ4v) is 2.05. The highest BCUT2D eigenvalue weighted by atomic mass is 16.6. The van der Waals surface area contributed by atoms with Crippen molar-refractivity contribution >= 4 is 17.5 Å². The quantitative estimate of drug-likeness (QED) is 0.658. The summed E-state index contributed by atoms with van der Waals surface area (Å²) in [4.78, 5) is 22.4. The number of rotatable bonds is 3. The minimum absolute atomic E-state index is 0.0210. The number of nitro groups is 1. The van der Waals surface area contributed by atoms with E-state index in [4.69, 9.17) is 4.74 Å². The summed E-state index contributed by atoms with van der Waals surface area (Å²) in [6, 6.07) is 14.5. The molecular formula is C14H13N5O4. The third kappa shape index (κ3) is 3.20. The zero-order chi connectivity index (χ0) is 16.2. The molecule has 0 unspecified atom stereocenters. The van der Waals surface area contributed by atoms with E-state index in [1.807, 2.05) is 6.07 Å². The van der Waals surface area contributed by atoms with Gasteiger partial charge in [0.2, 0.25) is 0 Å². The molecule has 2 aromatic rings. The Hall–Kier alpha value is -3.17. The summed E-state index contributed by atoms with van der Waals surface area (Å²) in [6.45, 7) is 0.293. The van der Waals surface area contributed by atoms with Crippen LogP contribution in [0.25, 0.3) is 0 Å². The number of nitrogens with zero attached hydrogens (tertiary/aromatic N) is 3. The van der Waals surface area contributed by atoms with E-state index in [1.165, 1.54) is 12.1 Å². The van der Waals surface area contributed by atoms with Crippen molar-refractivity contribution in [2.75, 3.05) is 11.7 Å². The second-order valence-corrected chi connectivity index (χ2v) is 4.61. The molecule has 9 nitrogen and oxygen atoms in total. The molecule has 0 atom stereocenters. The highest BCUT2D eigenvalue weighted by molar-refractivity contribution is 5.73. The number of ether oxygens (including phenoxy) is 1. The summed E-state index contributed by atoms with van der Waals surface area (Å²) >= 11 is 0. The number of para-hydroxylation sites is 1. The van der Waals surface area contributed by atoms with Crippen LogP contribution in [0, 0.1) is 10.1 Å². The van der Waals surface area contributed by atoms with Crippen LogP contribution in [0.3, 0.4) is 0 Å². The number of nitro benzene ring substituents is 1. The molecular weight excluding hydrogens is 302 g/mol. The van der Waals surface area contributed by atoms with Crippen LogP contribution in [0.1, 0.15) is 0 Å². The number of nitrogens with one attached hydrogen (secondary N) is 2. The fourth-order valence-electron chi connectivity index (χ4n) is 2.05. The molecule has 0 aromatic heterocycles. The van der Waals surface area contributed by atoms with Crippen LogP contribution < -0.4 is 20.7 Å². The Morgan fingerprint density at radius 3 is 2.48 bits per heavy atom. The molecule has 118 valence electrons. The van der Waals surface area contributed by atoms with Crippen molar-refractivity contribution in [1.29, 1.82) is 0 Å². The number of hydrazine groups is 3. The predicted molar refractivity (Wildman–Crippen MR) is 81.0 cm³/mol. The standard InChI is InChI=1S/C14H13N5O4/c20-14(23-13-4-2-1-3-5-13)18-16-15-10-17(18)11-6-8-12(9-7-11)19(21)22/h1-9,15-16H,10H2. The second-order valence-electron chi connectivity index (χ2n) is 4.61. The second kappa shape index (κ2) is 6.30. The van der Waals surface area contributed by atoms with Crippen LogP contribution in [-0.2, 0) is 0 Å². The Bertz CT molecular complexity index is 707. The Labute approximate surface area is 131 Å². The lowest BCUT2D eigenvalue weighted by Crippen LogP contribution is -2.48. The monoisotopic (exact) mass is 315 g/mol. The van der Waals surface area contributed by atoms with E-state index >= 15 is 0 Å². The van der Waals surface area contributed by atoms with Crippen molar-refractivity contribution < 1.29 is 14.5 Å². The molecule has 1 aliphatic heterocycles. The van der Waals surface area contributed by atoms with Crippen molar-refractivity contribution in [2.24, 2.45) is 0 Å². The molecule has 0 saturated carbocycles. The molecule has 23 heavy (non-hydrogen) atoms. The minimum atomic E-state index is -0.639. The van der Waals surface area contributed by atoms with E-state index in [9.17, 15) is 14.9 Å². The molecule has 0 aliphatic carbocycles. The number of hydrogen-bond acceptors (Lipinski definition) is 7. The van der Waals surface area contributed by atoms with Gasteiger partial charge in [0.25, 0.3) is 5.69 Å². The largest absolute Gasteiger partial charge is 0.450 e. The van der Waals surface area contributed by atoms with E-state index < -0.39 is 11.0 Å². The lowest BCUT2D eigenvalue weighted by molar-refractivity contribution is -0.384. The Kier molecular flexibility index (Phi) is 4.04. The topological polar surface area (TPSA) is 100.0 Å². The maximum atomic E-state index is 12.2. The number of amides is 1. The first-order chi connectivity index (χ1) is 11.1. The first-order valence-corrected chi connectivity index (χ1v) is 6.72. The summed E-state index contributed by atoms with van der Waals surface area (Å²) in [5, 5.41) is 13.4. The molecule has 2 aromatic carbocycles. The SMILES string of the molecule is O=C(Oc1ccccc1)N1NNCN1c1ccc([N+](=O)[O-])cc1. The molecule has 1 fully saturated rings. The minimum Gasteiger partial charge on any atom is -0.408 e. The normalized spacial score (nSPS) is 13.9. The smallest absolute Gasteiger partial charge is 0.408 e. The van der Waals surface area contributed by atoms with Gasteiger partial charge in [-0.2, -0.15) is 0 Å². The maximum absolute atomic E-state index is 12.2. The average Bonchev–Trinajstić information content (AvgIpc) is 3.05. The van der Waals surface area contributed by atoms with Crippen molar-refractivity contribution in [1.82, 2.24) is 16.1 Å². The first kappa shape index (κ1) is 14.8. The average molecular weight is 315 g/mol. The molecule has 1 heterocycles. The van der Waals surface area contributed by atoms with Gasteiger partial charge in [0.05, 0.1) is 10.6 Å². The number of carbonyl (C=O) groups excluding carboxylic acids is 1. The van der Waals surface area contributed by atoms with Gasteiger partial charge < -0.3 is 4.74 Å². The highest BCUT2D eigenvalue weighted by Gasteiger charge is 2.29.